The van der Waals surface area contributed by atoms with E-state index in [1.165, 1.54) is 0 Å². The van der Waals surface area contributed by atoms with Crippen molar-refractivity contribution in [2.24, 2.45) is 0 Å². The smallest absolute Gasteiger partial charge is 0.231 e. The summed E-state index contributed by atoms with van der Waals surface area (Å²) in [6.45, 7) is 0.249. The molecule has 0 atom stereocenters. The lowest BCUT2D eigenvalue weighted by Crippen LogP contribution is -1.92. The molecule has 1 aliphatic heterocycles. The molecule has 0 aliphatic carbocycles. The Labute approximate surface area is 74.8 Å². The van der Waals surface area contributed by atoms with E-state index in [0.717, 1.165) is 0 Å². The molecule has 0 spiro atoms. The zero-order valence-electron chi connectivity index (χ0n) is 6.46. The van der Waals surface area contributed by atoms with Crippen LogP contribution in [-0.2, 0) is 0 Å². The molecule has 1 aliphatic rings. The number of ether oxygens (including phenoxy) is 3. The normalized spacial score (nSPS) is 13.2. The average Bonchev–Trinajstić information content (AvgIpc) is 2.49. The van der Waals surface area contributed by atoms with Gasteiger partial charge in [0.05, 0.1) is 12.1 Å². The number of rotatable bonds is 1. The van der Waals surface area contributed by atoms with Crippen molar-refractivity contribution in [2.75, 3.05) is 13.9 Å². The molecule has 0 fully saturated rings. The first-order valence-corrected chi connectivity index (χ1v) is 3.82. The molecule has 0 saturated heterocycles. The third kappa shape index (κ3) is 1.06. The minimum atomic E-state index is 0.249. The Morgan fingerprint density at radius 2 is 2.00 bits per heavy atom. The number of benzene rings is 1. The molecule has 0 bridgehead atoms. The molecule has 0 amide bonds. The van der Waals surface area contributed by atoms with Gasteiger partial charge in [-0.25, -0.2) is 0 Å². The highest BCUT2D eigenvalue weighted by Gasteiger charge is 2.16. The summed E-state index contributed by atoms with van der Waals surface area (Å²) < 4.78 is 15.3. The topological polar surface area (TPSA) is 27.7 Å². The monoisotopic (exact) mass is 186 g/mol. The predicted octanol–water partition coefficient (Wildman–Crippen LogP) is 2.08. The lowest BCUT2D eigenvalue weighted by molar-refractivity contribution is 0.174. The third-order valence-electron chi connectivity index (χ3n) is 1.65. The molecular formula is C8H7ClO3. The van der Waals surface area contributed by atoms with Crippen molar-refractivity contribution >= 4 is 11.6 Å². The Morgan fingerprint density at radius 3 is 2.67 bits per heavy atom. The fourth-order valence-electron chi connectivity index (χ4n) is 1.05. The molecule has 0 N–H and O–H groups in total. The Bertz CT molecular complexity index is 311. The standard InChI is InChI=1S/C8H7ClO3/c1-10-6-3-8-7(2-5(6)9)11-4-12-8/h2-3H,4H2,1H3. The number of hydrogen-bond donors (Lipinski definition) is 0. The predicted molar refractivity (Wildman–Crippen MR) is 44.1 cm³/mol. The van der Waals surface area contributed by atoms with Crippen LogP contribution in [0.25, 0.3) is 0 Å². The fourth-order valence-corrected chi connectivity index (χ4v) is 1.29. The van der Waals surface area contributed by atoms with Gasteiger partial charge in [-0.3, -0.25) is 0 Å². The van der Waals surface area contributed by atoms with Crippen LogP contribution in [-0.4, -0.2) is 13.9 Å². The van der Waals surface area contributed by atoms with Gasteiger partial charge in [-0.15, -0.1) is 0 Å². The van der Waals surface area contributed by atoms with E-state index in [4.69, 9.17) is 25.8 Å². The van der Waals surface area contributed by atoms with Gasteiger partial charge in [-0.05, 0) is 0 Å². The highest BCUT2D eigenvalue weighted by molar-refractivity contribution is 6.32. The first-order valence-electron chi connectivity index (χ1n) is 3.44. The SMILES string of the molecule is COc1cc2c(cc1Cl)OCO2. The molecule has 4 heteroatoms. The van der Waals surface area contributed by atoms with Crippen molar-refractivity contribution in [1.82, 2.24) is 0 Å². The summed E-state index contributed by atoms with van der Waals surface area (Å²) in [6.07, 6.45) is 0. The quantitative estimate of drug-likeness (QED) is 0.672. The summed E-state index contributed by atoms with van der Waals surface area (Å²) in [7, 11) is 1.56. The van der Waals surface area contributed by atoms with Gasteiger partial charge in [0.2, 0.25) is 6.79 Å². The summed E-state index contributed by atoms with van der Waals surface area (Å²) >= 11 is 5.85. The maximum absolute atomic E-state index is 5.85. The number of fused-ring (bicyclic) bond motifs is 1. The fraction of sp³-hybridized carbons (Fsp3) is 0.250. The van der Waals surface area contributed by atoms with E-state index < -0.39 is 0 Å². The van der Waals surface area contributed by atoms with E-state index in [9.17, 15) is 0 Å². The Morgan fingerprint density at radius 1 is 1.33 bits per heavy atom. The van der Waals surface area contributed by atoms with Gasteiger partial charge < -0.3 is 14.2 Å². The highest BCUT2D eigenvalue weighted by Crippen LogP contribution is 2.39. The Balaban J connectivity index is 2.49. The van der Waals surface area contributed by atoms with E-state index >= 15 is 0 Å². The van der Waals surface area contributed by atoms with Crippen LogP contribution in [0.1, 0.15) is 0 Å². The van der Waals surface area contributed by atoms with Crippen molar-refractivity contribution in [2.45, 2.75) is 0 Å². The van der Waals surface area contributed by atoms with Crippen LogP contribution in [0.4, 0.5) is 0 Å². The summed E-state index contributed by atoms with van der Waals surface area (Å²) in [4.78, 5) is 0. The third-order valence-corrected chi connectivity index (χ3v) is 1.94. The second-order valence-electron chi connectivity index (χ2n) is 2.34. The Hall–Kier alpha value is -1.09. The molecular weight excluding hydrogens is 180 g/mol. The number of halogens is 1. The van der Waals surface area contributed by atoms with E-state index in [0.29, 0.717) is 22.3 Å². The zero-order chi connectivity index (χ0) is 8.55. The molecule has 0 radical (unpaired) electrons. The van der Waals surface area contributed by atoms with E-state index in [2.05, 4.69) is 0 Å². The molecule has 2 rings (SSSR count). The van der Waals surface area contributed by atoms with Crippen molar-refractivity contribution in [3.63, 3.8) is 0 Å². The van der Waals surface area contributed by atoms with E-state index in [-0.39, 0.29) is 6.79 Å². The molecule has 0 saturated carbocycles. The first kappa shape index (κ1) is 7.55. The molecule has 0 aromatic heterocycles. The summed E-state index contributed by atoms with van der Waals surface area (Å²) in [6, 6.07) is 3.40. The minimum absolute atomic E-state index is 0.249. The van der Waals surface area contributed by atoms with Crippen molar-refractivity contribution in [3.8, 4) is 17.2 Å². The largest absolute Gasteiger partial charge is 0.495 e. The van der Waals surface area contributed by atoms with Gasteiger partial charge in [0, 0.05) is 12.1 Å². The maximum Gasteiger partial charge on any atom is 0.231 e. The molecule has 1 heterocycles. The van der Waals surface area contributed by atoms with Crippen LogP contribution in [0.5, 0.6) is 17.2 Å². The second kappa shape index (κ2) is 2.75. The van der Waals surface area contributed by atoms with Crippen molar-refractivity contribution < 1.29 is 14.2 Å². The summed E-state index contributed by atoms with van der Waals surface area (Å²) in [5.74, 6) is 1.94. The van der Waals surface area contributed by atoms with Crippen LogP contribution < -0.4 is 14.2 Å². The van der Waals surface area contributed by atoms with Gasteiger partial charge in [-0.1, -0.05) is 11.6 Å². The van der Waals surface area contributed by atoms with E-state index in [1.807, 2.05) is 0 Å². The lowest BCUT2D eigenvalue weighted by atomic mass is 10.3. The van der Waals surface area contributed by atoms with Crippen molar-refractivity contribution in [1.29, 1.82) is 0 Å². The molecule has 12 heavy (non-hydrogen) atoms. The zero-order valence-corrected chi connectivity index (χ0v) is 7.22. The minimum Gasteiger partial charge on any atom is -0.495 e. The summed E-state index contributed by atoms with van der Waals surface area (Å²) in [5, 5.41) is 0.529. The van der Waals surface area contributed by atoms with Gasteiger partial charge in [0.15, 0.2) is 11.5 Å². The molecule has 3 nitrogen and oxygen atoms in total. The van der Waals surface area contributed by atoms with Crippen LogP contribution in [0.15, 0.2) is 12.1 Å². The molecule has 1 aromatic carbocycles. The first-order chi connectivity index (χ1) is 5.81. The van der Waals surface area contributed by atoms with Gasteiger partial charge in [0.25, 0.3) is 0 Å². The van der Waals surface area contributed by atoms with Crippen LogP contribution >= 0.6 is 11.6 Å². The van der Waals surface area contributed by atoms with Crippen molar-refractivity contribution in [3.05, 3.63) is 17.2 Å². The van der Waals surface area contributed by atoms with Crippen LogP contribution in [0.3, 0.4) is 0 Å². The highest BCUT2D eigenvalue weighted by atomic mass is 35.5. The Kier molecular flexibility index (Phi) is 1.73. The molecule has 0 unspecified atom stereocenters. The second-order valence-corrected chi connectivity index (χ2v) is 2.75. The number of methoxy groups -OCH3 is 1. The van der Waals surface area contributed by atoms with Crippen LogP contribution in [0, 0.1) is 0 Å². The maximum atomic E-state index is 5.85. The molecule has 1 aromatic rings. The van der Waals surface area contributed by atoms with Crippen LogP contribution in [0.2, 0.25) is 5.02 Å². The van der Waals surface area contributed by atoms with Gasteiger partial charge in [0.1, 0.15) is 5.75 Å². The van der Waals surface area contributed by atoms with Gasteiger partial charge >= 0.3 is 0 Å². The average molecular weight is 187 g/mol. The molecule has 64 valence electrons. The number of hydrogen-bond acceptors (Lipinski definition) is 3. The lowest BCUT2D eigenvalue weighted by Gasteiger charge is -2.03. The van der Waals surface area contributed by atoms with E-state index in [1.54, 1.807) is 19.2 Å². The van der Waals surface area contributed by atoms with Gasteiger partial charge in [-0.2, -0.15) is 0 Å². The summed E-state index contributed by atoms with van der Waals surface area (Å²) in [5.41, 5.74) is 0.